The molecule has 0 aliphatic carbocycles. The maximum Gasteiger partial charge on any atom is 0.227 e. The molecule has 1 aromatic heterocycles. The Bertz CT molecular complexity index is 1380. The highest BCUT2D eigenvalue weighted by atomic mass is 16.5. The summed E-state index contributed by atoms with van der Waals surface area (Å²) in [5, 5.41) is 0. The van der Waals surface area contributed by atoms with Crippen LogP contribution in [0.4, 0.5) is 5.69 Å². The molecule has 0 N–H and O–H groups in total. The molecular weight excluding hydrogens is 462 g/mol. The molecule has 0 radical (unpaired) electrons. The monoisotopic (exact) mass is 495 g/mol. The van der Waals surface area contributed by atoms with Crippen molar-refractivity contribution in [2.75, 3.05) is 24.7 Å². The van der Waals surface area contributed by atoms with E-state index in [1.807, 2.05) is 78.6 Å². The number of rotatable bonds is 11. The van der Waals surface area contributed by atoms with Crippen LogP contribution in [-0.4, -0.2) is 35.2 Å². The predicted octanol–water partition coefficient (Wildman–Crippen LogP) is 6.15. The summed E-state index contributed by atoms with van der Waals surface area (Å²) in [4.78, 5) is 19.9. The summed E-state index contributed by atoms with van der Waals surface area (Å²) in [6, 6.07) is 24.0. The fourth-order valence-electron chi connectivity index (χ4n) is 5.03. The Morgan fingerprint density at radius 3 is 2.62 bits per heavy atom. The van der Waals surface area contributed by atoms with Crippen LogP contribution in [0.3, 0.4) is 0 Å². The Kier molecular flexibility index (Phi) is 7.54. The molecule has 2 heterocycles. The van der Waals surface area contributed by atoms with Gasteiger partial charge in [0, 0.05) is 31.1 Å². The van der Waals surface area contributed by atoms with E-state index in [0.717, 1.165) is 59.0 Å². The third-order valence-electron chi connectivity index (χ3n) is 6.75. The number of imidazole rings is 1. The third-order valence-corrected chi connectivity index (χ3v) is 6.75. The van der Waals surface area contributed by atoms with E-state index in [9.17, 15) is 4.79 Å². The number of aromatic nitrogens is 2. The molecule has 0 spiro atoms. The Hall–Kier alpha value is -4.06. The summed E-state index contributed by atoms with van der Waals surface area (Å²) in [6.07, 6.45) is 3.96. The summed E-state index contributed by atoms with van der Waals surface area (Å²) >= 11 is 0. The molecule has 0 saturated carbocycles. The number of fused-ring (bicyclic) bond motifs is 1. The van der Waals surface area contributed by atoms with Gasteiger partial charge >= 0.3 is 0 Å². The van der Waals surface area contributed by atoms with Gasteiger partial charge in [0.2, 0.25) is 5.91 Å². The summed E-state index contributed by atoms with van der Waals surface area (Å²) in [6.45, 7) is 8.41. The van der Waals surface area contributed by atoms with Crippen molar-refractivity contribution in [3.8, 4) is 11.5 Å². The molecule has 1 saturated heterocycles. The Balaban J connectivity index is 1.31. The lowest BCUT2D eigenvalue weighted by atomic mass is 10.1. The lowest BCUT2D eigenvalue weighted by Crippen LogP contribution is -2.24. The van der Waals surface area contributed by atoms with E-state index in [1.54, 1.807) is 0 Å². The van der Waals surface area contributed by atoms with Crippen molar-refractivity contribution >= 4 is 22.6 Å². The number of nitrogens with zero attached hydrogens (tertiary/aromatic N) is 3. The zero-order valence-corrected chi connectivity index (χ0v) is 21.3. The molecule has 1 fully saturated rings. The van der Waals surface area contributed by atoms with E-state index >= 15 is 0 Å². The van der Waals surface area contributed by atoms with Crippen LogP contribution < -0.4 is 14.4 Å². The van der Waals surface area contributed by atoms with Crippen molar-refractivity contribution in [2.24, 2.45) is 0 Å². The van der Waals surface area contributed by atoms with E-state index in [1.165, 1.54) is 0 Å². The zero-order chi connectivity index (χ0) is 25.6. The number of benzene rings is 3. The van der Waals surface area contributed by atoms with Gasteiger partial charge in [0.05, 0.1) is 24.2 Å². The standard InChI is InChI=1S/C31H33N3O3/c1-3-10-23-11-5-8-14-29(23)37-20-9-19-33-28-13-7-6-12-27(28)32-31(33)24-21-30(35)34(22-24)25-15-17-26(18-16-25)36-4-2/h3,5-8,11-18,24H,1,4,9-10,19-22H2,2H3. The molecule has 1 unspecified atom stereocenters. The molecule has 1 amide bonds. The number of para-hydroxylation sites is 3. The molecule has 6 nitrogen and oxygen atoms in total. The maximum absolute atomic E-state index is 13.0. The van der Waals surface area contributed by atoms with Gasteiger partial charge in [0.25, 0.3) is 0 Å². The lowest BCUT2D eigenvalue weighted by molar-refractivity contribution is -0.117. The minimum absolute atomic E-state index is 0.0284. The van der Waals surface area contributed by atoms with Crippen LogP contribution in [-0.2, 0) is 17.8 Å². The van der Waals surface area contributed by atoms with Crippen LogP contribution in [0.5, 0.6) is 11.5 Å². The van der Waals surface area contributed by atoms with Gasteiger partial charge in [-0.1, -0.05) is 36.4 Å². The average Bonchev–Trinajstić information content (AvgIpc) is 3.49. The van der Waals surface area contributed by atoms with Gasteiger partial charge in [-0.25, -0.2) is 4.98 Å². The molecule has 3 aromatic carbocycles. The summed E-state index contributed by atoms with van der Waals surface area (Å²) < 4.78 is 14.0. The number of carbonyl (C=O) groups is 1. The highest BCUT2D eigenvalue weighted by Crippen LogP contribution is 2.34. The largest absolute Gasteiger partial charge is 0.494 e. The van der Waals surface area contributed by atoms with Crippen LogP contribution in [0.15, 0.2) is 85.5 Å². The van der Waals surface area contributed by atoms with E-state index in [0.29, 0.717) is 26.2 Å². The van der Waals surface area contributed by atoms with E-state index in [4.69, 9.17) is 14.5 Å². The van der Waals surface area contributed by atoms with E-state index in [-0.39, 0.29) is 11.8 Å². The first-order valence-corrected chi connectivity index (χ1v) is 13.0. The molecule has 190 valence electrons. The molecule has 4 aromatic rings. The number of anilines is 1. The molecule has 1 aliphatic heterocycles. The lowest BCUT2D eigenvalue weighted by Gasteiger charge is -2.18. The van der Waals surface area contributed by atoms with E-state index in [2.05, 4.69) is 23.3 Å². The maximum atomic E-state index is 13.0. The highest BCUT2D eigenvalue weighted by Gasteiger charge is 2.34. The smallest absolute Gasteiger partial charge is 0.227 e. The number of aryl methyl sites for hydroxylation is 1. The SMILES string of the molecule is C=CCc1ccccc1OCCCn1c(C2CC(=O)N(c3ccc(OCC)cc3)C2)nc2ccccc21. The number of hydrogen-bond donors (Lipinski definition) is 0. The Labute approximate surface area is 218 Å². The zero-order valence-electron chi connectivity index (χ0n) is 21.3. The van der Waals surface area contributed by atoms with Gasteiger partial charge in [-0.2, -0.15) is 0 Å². The quantitative estimate of drug-likeness (QED) is 0.185. The first kappa shape index (κ1) is 24.6. The molecule has 37 heavy (non-hydrogen) atoms. The van der Waals surface area contributed by atoms with Crippen LogP contribution in [0, 0.1) is 0 Å². The molecule has 1 atom stereocenters. The van der Waals surface area contributed by atoms with Gasteiger partial charge in [0.15, 0.2) is 0 Å². The summed E-state index contributed by atoms with van der Waals surface area (Å²) in [7, 11) is 0. The van der Waals surface area contributed by atoms with Crippen LogP contribution >= 0.6 is 0 Å². The van der Waals surface area contributed by atoms with Gasteiger partial charge in [-0.05, 0) is 67.8 Å². The Morgan fingerprint density at radius 2 is 1.81 bits per heavy atom. The predicted molar refractivity (Wildman–Crippen MR) is 148 cm³/mol. The van der Waals surface area contributed by atoms with Gasteiger partial charge in [-0.15, -0.1) is 6.58 Å². The van der Waals surface area contributed by atoms with Gasteiger partial charge in [0.1, 0.15) is 17.3 Å². The summed E-state index contributed by atoms with van der Waals surface area (Å²) in [5.41, 5.74) is 4.09. The van der Waals surface area contributed by atoms with Crippen molar-refractivity contribution in [1.82, 2.24) is 9.55 Å². The number of ether oxygens (including phenoxy) is 2. The van der Waals surface area contributed by atoms with Gasteiger partial charge < -0.3 is 18.9 Å². The fraction of sp³-hybridized carbons (Fsp3) is 0.290. The first-order chi connectivity index (χ1) is 18.2. The first-order valence-electron chi connectivity index (χ1n) is 13.0. The van der Waals surface area contributed by atoms with Crippen LogP contribution in [0.25, 0.3) is 11.0 Å². The van der Waals surface area contributed by atoms with Gasteiger partial charge in [-0.3, -0.25) is 4.79 Å². The second-order valence-corrected chi connectivity index (χ2v) is 9.25. The van der Waals surface area contributed by atoms with Crippen molar-refractivity contribution in [2.45, 2.75) is 38.6 Å². The van der Waals surface area contributed by atoms with E-state index < -0.39 is 0 Å². The third kappa shape index (κ3) is 5.38. The minimum Gasteiger partial charge on any atom is -0.494 e. The highest BCUT2D eigenvalue weighted by molar-refractivity contribution is 5.96. The average molecular weight is 496 g/mol. The van der Waals surface area contributed by atoms with Crippen molar-refractivity contribution < 1.29 is 14.3 Å². The summed E-state index contributed by atoms with van der Waals surface area (Å²) in [5.74, 6) is 2.83. The number of hydrogen-bond acceptors (Lipinski definition) is 4. The van der Waals surface area contributed by atoms with Crippen LogP contribution in [0.1, 0.15) is 37.1 Å². The molecule has 1 aliphatic rings. The van der Waals surface area contributed by atoms with Crippen LogP contribution in [0.2, 0.25) is 0 Å². The molecule has 0 bridgehead atoms. The number of carbonyl (C=O) groups excluding carboxylic acids is 1. The minimum atomic E-state index is 0.0284. The fourth-order valence-corrected chi connectivity index (χ4v) is 5.03. The normalized spacial score (nSPS) is 15.3. The van der Waals surface area contributed by atoms with Crippen molar-refractivity contribution in [1.29, 1.82) is 0 Å². The Morgan fingerprint density at radius 1 is 1.03 bits per heavy atom. The molecule has 6 heteroatoms. The van der Waals surface area contributed by atoms with Crippen molar-refractivity contribution in [3.63, 3.8) is 0 Å². The second kappa shape index (κ2) is 11.3. The number of amides is 1. The number of allylic oxidation sites excluding steroid dienone is 1. The second-order valence-electron chi connectivity index (χ2n) is 9.25. The van der Waals surface area contributed by atoms with Crippen molar-refractivity contribution in [3.05, 3.63) is 96.8 Å². The molecule has 5 rings (SSSR count). The molecular formula is C31H33N3O3. The topological polar surface area (TPSA) is 56.6 Å².